The first kappa shape index (κ1) is 25.6. The van der Waals surface area contributed by atoms with Crippen molar-refractivity contribution in [2.75, 3.05) is 10.8 Å². The highest BCUT2D eigenvalue weighted by atomic mass is 32.2. The smallest absolute Gasteiger partial charge is 0.269 e. The van der Waals surface area contributed by atoms with Gasteiger partial charge in [0.1, 0.15) is 6.54 Å². The molecule has 1 amide bonds. The minimum Gasteiger partial charge on any atom is -0.271 e. The van der Waals surface area contributed by atoms with Crippen molar-refractivity contribution in [2.24, 2.45) is 5.10 Å². The van der Waals surface area contributed by atoms with Crippen molar-refractivity contribution in [3.8, 4) is 0 Å². The first-order chi connectivity index (χ1) is 16.6. The molecule has 10 heteroatoms. The maximum Gasteiger partial charge on any atom is 0.269 e. The average Bonchev–Trinajstić information content (AvgIpc) is 2.86. The Morgan fingerprint density at radius 3 is 2.26 bits per heavy atom. The van der Waals surface area contributed by atoms with E-state index in [4.69, 9.17) is 0 Å². The fourth-order valence-electron chi connectivity index (χ4n) is 3.39. The lowest BCUT2D eigenvalue weighted by Crippen LogP contribution is -2.40. The van der Waals surface area contributed by atoms with E-state index in [1.54, 1.807) is 31.2 Å². The summed E-state index contributed by atoms with van der Waals surface area (Å²) >= 11 is 0. The third-order valence-corrected chi connectivity index (χ3v) is 7.16. The molecule has 3 aromatic carbocycles. The summed E-state index contributed by atoms with van der Waals surface area (Å²) in [6.45, 7) is 4.92. The predicted octanol–water partition coefficient (Wildman–Crippen LogP) is 4.20. The van der Waals surface area contributed by atoms with Gasteiger partial charge in [-0.25, -0.2) is 13.8 Å². The molecule has 0 saturated carbocycles. The van der Waals surface area contributed by atoms with Crippen molar-refractivity contribution in [2.45, 2.75) is 32.1 Å². The molecule has 35 heavy (non-hydrogen) atoms. The van der Waals surface area contributed by atoms with Crippen molar-refractivity contribution >= 4 is 33.0 Å². The number of non-ortho nitro benzene ring substituents is 1. The molecule has 3 aromatic rings. The zero-order valence-electron chi connectivity index (χ0n) is 19.6. The van der Waals surface area contributed by atoms with Crippen LogP contribution in [0.5, 0.6) is 0 Å². The topological polar surface area (TPSA) is 122 Å². The van der Waals surface area contributed by atoms with Gasteiger partial charge in [0, 0.05) is 12.1 Å². The first-order valence-electron chi connectivity index (χ1n) is 10.9. The van der Waals surface area contributed by atoms with Crippen LogP contribution in [0, 0.1) is 17.0 Å². The van der Waals surface area contributed by atoms with Gasteiger partial charge in [0.2, 0.25) is 0 Å². The van der Waals surface area contributed by atoms with Crippen LogP contribution in [0.25, 0.3) is 0 Å². The number of carbonyl (C=O) groups is 1. The number of para-hydroxylation sites is 1. The zero-order valence-corrected chi connectivity index (χ0v) is 20.5. The minimum atomic E-state index is -4.04. The monoisotopic (exact) mass is 494 g/mol. The van der Waals surface area contributed by atoms with Crippen LogP contribution in [0.4, 0.5) is 11.4 Å². The Morgan fingerprint density at radius 1 is 1.03 bits per heavy atom. The summed E-state index contributed by atoms with van der Waals surface area (Å²) in [5.74, 6) is -0.632. The summed E-state index contributed by atoms with van der Waals surface area (Å²) in [6.07, 6.45) is 0.578. The van der Waals surface area contributed by atoms with Crippen LogP contribution in [0.1, 0.15) is 30.5 Å². The molecular weight excluding hydrogens is 468 g/mol. The number of nitro benzene ring substituents is 1. The lowest BCUT2D eigenvalue weighted by atomic mass is 10.1. The standard InChI is InChI=1S/C25H26N4O5S/c1-4-20-7-5-6-8-24(20)28(35(33,34)23-15-9-18(2)10-16-23)17-25(30)27-26-19(3)21-11-13-22(14-12-21)29(31)32/h5-16H,4,17H2,1-3H3,(H,27,30)/b26-19-. The third kappa shape index (κ3) is 6.10. The summed E-state index contributed by atoms with van der Waals surface area (Å²) in [5, 5.41) is 14.9. The Hall–Kier alpha value is -4.05. The number of benzene rings is 3. The lowest BCUT2D eigenvalue weighted by Gasteiger charge is -2.26. The van der Waals surface area contributed by atoms with Crippen molar-refractivity contribution in [3.63, 3.8) is 0 Å². The number of sulfonamides is 1. The number of nitro groups is 1. The number of hydrogen-bond acceptors (Lipinski definition) is 6. The number of anilines is 1. The molecule has 0 atom stereocenters. The molecule has 0 radical (unpaired) electrons. The van der Waals surface area contributed by atoms with E-state index in [9.17, 15) is 23.3 Å². The van der Waals surface area contributed by atoms with Gasteiger partial charge in [-0.2, -0.15) is 5.10 Å². The number of aryl methyl sites for hydroxylation is 2. The van der Waals surface area contributed by atoms with Crippen LogP contribution in [0.3, 0.4) is 0 Å². The second-order valence-corrected chi connectivity index (χ2v) is 9.71. The number of nitrogens with one attached hydrogen (secondary N) is 1. The van der Waals surface area contributed by atoms with E-state index in [1.165, 1.54) is 36.4 Å². The molecule has 0 aliphatic heterocycles. The van der Waals surface area contributed by atoms with Gasteiger partial charge < -0.3 is 0 Å². The van der Waals surface area contributed by atoms with E-state index in [2.05, 4.69) is 10.5 Å². The Labute approximate surface area is 204 Å². The molecule has 0 fully saturated rings. The highest BCUT2D eigenvalue weighted by Gasteiger charge is 2.28. The zero-order chi connectivity index (χ0) is 25.6. The van der Waals surface area contributed by atoms with Gasteiger partial charge in [0.15, 0.2) is 0 Å². The van der Waals surface area contributed by atoms with Crippen LogP contribution in [0.15, 0.2) is 82.8 Å². The van der Waals surface area contributed by atoms with E-state index in [-0.39, 0.29) is 10.6 Å². The molecule has 0 aliphatic rings. The van der Waals surface area contributed by atoms with Gasteiger partial charge >= 0.3 is 0 Å². The first-order valence-corrected chi connectivity index (χ1v) is 12.3. The molecule has 0 aliphatic carbocycles. The van der Waals surface area contributed by atoms with Gasteiger partial charge in [-0.05, 0) is 61.7 Å². The Balaban J connectivity index is 1.88. The maximum absolute atomic E-state index is 13.5. The molecule has 0 saturated heterocycles. The lowest BCUT2D eigenvalue weighted by molar-refractivity contribution is -0.384. The van der Waals surface area contributed by atoms with Gasteiger partial charge in [-0.1, -0.05) is 42.8 Å². The summed E-state index contributed by atoms with van der Waals surface area (Å²) in [7, 11) is -4.04. The van der Waals surface area contributed by atoms with Crippen molar-refractivity contribution in [1.29, 1.82) is 0 Å². The quantitative estimate of drug-likeness (QED) is 0.271. The predicted molar refractivity (Wildman–Crippen MR) is 135 cm³/mol. The van der Waals surface area contributed by atoms with Gasteiger partial charge in [0.25, 0.3) is 21.6 Å². The van der Waals surface area contributed by atoms with Gasteiger partial charge in [-0.3, -0.25) is 19.2 Å². The second kappa shape index (κ2) is 10.9. The van der Waals surface area contributed by atoms with Gasteiger partial charge in [0.05, 0.1) is 21.2 Å². The molecule has 0 heterocycles. The summed E-state index contributed by atoms with van der Waals surface area (Å²) in [5.41, 5.74) is 5.44. The van der Waals surface area contributed by atoms with Crippen LogP contribution < -0.4 is 9.73 Å². The Bertz CT molecular complexity index is 1350. The summed E-state index contributed by atoms with van der Waals surface area (Å²) in [6, 6.07) is 19.2. The molecule has 0 aromatic heterocycles. The molecule has 182 valence electrons. The highest BCUT2D eigenvalue weighted by molar-refractivity contribution is 7.92. The summed E-state index contributed by atoms with van der Waals surface area (Å²) in [4.78, 5) is 23.2. The van der Waals surface area contributed by atoms with Gasteiger partial charge in [-0.15, -0.1) is 0 Å². The van der Waals surface area contributed by atoms with Crippen molar-refractivity contribution in [1.82, 2.24) is 5.43 Å². The maximum atomic E-state index is 13.5. The number of carbonyl (C=O) groups excluding carboxylic acids is 1. The molecule has 1 N–H and O–H groups in total. The van der Waals surface area contributed by atoms with E-state index in [1.807, 2.05) is 26.0 Å². The van der Waals surface area contributed by atoms with Crippen molar-refractivity contribution < 1.29 is 18.1 Å². The van der Waals surface area contributed by atoms with E-state index in [0.29, 0.717) is 23.4 Å². The second-order valence-electron chi connectivity index (χ2n) is 7.84. The Morgan fingerprint density at radius 2 is 1.66 bits per heavy atom. The molecule has 3 rings (SSSR count). The van der Waals surface area contributed by atoms with Crippen LogP contribution in [-0.4, -0.2) is 31.5 Å². The minimum absolute atomic E-state index is 0.0582. The fourth-order valence-corrected chi connectivity index (χ4v) is 4.85. The van der Waals surface area contributed by atoms with Crippen LogP contribution in [-0.2, 0) is 21.2 Å². The van der Waals surface area contributed by atoms with E-state index < -0.39 is 27.4 Å². The highest BCUT2D eigenvalue weighted by Crippen LogP contribution is 2.27. The molecular formula is C25H26N4O5S. The largest absolute Gasteiger partial charge is 0.271 e. The van der Waals surface area contributed by atoms with Crippen LogP contribution in [0.2, 0.25) is 0 Å². The van der Waals surface area contributed by atoms with Crippen molar-refractivity contribution in [3.05, 3.63) is 99.6 Å². The number of nitrogens with zero attached hydrogens (tertiary/aromatic N) is 3. The third-order valence-electron chi connectivity index (χ3n) is 5.38. The summed E-state index contributed by atoms with van der Waals surface area (Å²) < 4.78 is 28.2. The number of hydrogen-bond donors (Lipinski definition) is 1. The number of amides is 1. The average molecular weight is 495 g/mol. The normalized spacial score (nSPS) is 11.7. The van der Waals surface area contributed by atoms with E-state index >= 15 is 0 Å². The van der Waals surface area contributed by atoms with E-state index in [0.717, 1.165) is 15.4 Å². The van der Waals surface area contributed by atoms with Crippen LogP contribution >= 0.6 is 0 Å². The SMILES string of the molecule is CCc1ccccc1N(CC(=O)N/N=C(/C)c1ccc([N+](=O)[O-])cc1)S(=O)(=O)c1ccc(C)cc1. The molecule has 9 nitrogen and oxygen atoms in total. The molecule has 0 spiro atoms. The fraction of sp³-hybridized carbons (Fsp3) is 0.200. The number of rotatable bonds is 9. The number of hydrazone groups is 1. The Kier molecular flexibility index (Phi) is 7.98. The molecule has 0 bridgehead atoms. The molecule has 0 unspecified atom stereocenters.